The van der Waals surface area contributed by atoms with Gasteiger partial charge < -0.3 is 14.6 Å². The van der Waals surface area contributed by atoms with Crippen molar-refractivity contribution in [3.8, 4) is 5.75 Å². The molecule has 1 aromatic rings. The second-order valence-electron chi connectivity index (χ2n) is 6.60. The van der Waals surface area contributed by atoms with E-state index in [9.17, 15) is 5.11 Å². The van der Waals surface area contributed by atoms with E-state index in [4.69, 9.17) is 9.47 Å². The summed E-state index contributed by atoms with van der Waals surface area (Å²) in [5, 5.41) is 9.98. The quantitative estimate of drug-likeness (QED) is 0.686. The summed E-state index contributed by atoms with van der Waals surface area (Å²) >= 11 is 0. The summed E-state index contributed by atoms with van der Waals surface area (Å²) in [7, 11) is 3.44. The van der Waals surface area contributed by atoms with Crippen LogP contribution in [0.3, 0.4) is 0 Å². The Bertz CT molecular complexity index is 574. The second kappa shape index (κ2) is 9.65. The minimum atomic E-state index is -0.218. The average Bonchev–Trinajstić information content (AvgIpc) is 2.90. The molecule has 132 valence electrons. The molecular formula is C21H30O3. The Labute approximate surface area is 146 Å². The molecule has 2 unspecified atom stereocenters. The Morgan fingerprint density at radius 1 is 1.33 bits per heavy atom. The molecule has 2 rings (SSSR count). The van der Waals surface area contributed by atoms with Crippen LogP contribution in [0.2, 0.25) is 0 Å². The molecule has 0 radical (unpaired) electrons. The van der Waals surface area contributed by atoms with Crippen molar-refractivity contribution in [2.24, 2.45) is 5.92 Å². The van der Waals surface area contributed by atoms with Crippen molar-refractivity contribution in [3.63, 3.8) is 0 Å². The Kier molecular flexibility index (Phi) is 7.54. The van der Waals surface area contributed by atoms with Gasteiger partial charge in [-0.05, 0) is 62.3 Å². The van der Waals surface area contributed by atoms with Crippen LogP contribution in [0, 0.1) is 5.92 Å². The maximum Gasteiger partial charge on any atom is 0.119 e. The lowest BCUT2D eigenvalue weighted by Crippen LogP contribution is -2.09. The summed E-state index contributed by atoms with van der Waals surface area (Å²) in [6.45, 7) is 2.85. The number of ether oxygens (including phenoxy) is 2. The van der Waals surface area contributed by atoms with Crippen molar-refractivity contribution in [2.45, 2.75) is 45.1 Å². The summed E-state index contributed by atoms with van der Waals surface area (Å²) in [5.74, 6) is 1.25. The Balaban J connectivity index is 1.89. The number of rotatable bonds is 9. The van der Waals surface area contributed by atoms with E-state index in [0.29, 0.717) is 12.5 Å². The SMILES string of the molecule is COCC(/C=C/CCC1=C(C)CCC1O)Cc1cccc(OC)c1. The predicted octanol–water partition coefficient (Wildman–Crippen LogP) is 4.31. The lowest BCUT2D eigenvalue weighted by atomic mass is 9.98. The van der Waals surface area contributed by atoms with Gasteiger partial charge in [0, 0.05) is 13.0 Å². The first kappa shape index (κ1) is 18.8. The van der Waals surface area contributed by atoms with E-state index in [1.54, 1.807) is 14.2 Å². The van der Waals surface area contributed by atoms with Crippen molar-refractivity contribution in [1.29, 1.82) is 0 Å². The highest BCUT2D eigenvalue weighted by atomic mass is 16.5. The van der Waals surface area contributed by atoms with Gasteiger partial charge in [-0.1, -0.05) is 29.9 Å². The first-order valence-corrected chi connectivity index (χ1v) is 8.79. The third-order valence-electron chi connectivity index (χ3n) is 4.74. The minimum Gasteiger partial charge on any atom is -0.497 e. The van der Waals surface area contributed by atoms with Crippen molar-refractivity contribution >= 4 is 0 Å². The molecule has 0 amide bonds. The number of aliphatic hydroxyl groups is 1. The summed E-state index contributed by atoms with van der Waals surface area (Å²) in [5.41, 5.74) is 3.88. The molecule has 3 heteroatoms. The molecule has 1 aliphatic rings. The standard InChI is InChI=1S/C21H30O3/c1-16-11-12-21(22)20(16)10-5-4-7-18(15-23-2)13-17-8-6-9-19(14-17)24-3/h4,6-9,14,18,21-22H,5,10-13,15H2,1-3H3/b7-4+. The van der Waals surface area contributed by atoms with Crippen LogP contribution in [0.15, 0.2) is 47.6 Å². The third-order valence-corrected chi connectivity index (χ3v) is 4.74. The van der Waals surface area contributed by atoms with E-state index in [2.05, 4.69) is 31.2 Å². The highest BCUT2D eigenvalue weighted by Crippen LogP contribution is 2.29. The van der Waals surface area contributed by atoms with Crippen LogP contribution in [0.1, 0.15) is 38.2 Å². The van der Waals surface area contributed by atoms with Gasteiger partial charge in [-0.15, -0.1) is 0 Å². The van der Waals surface area contributed by atoms with E-state index in [1.165, 1.54) is 16.7 Å². The summed E-state index contributed by atoms with van der Waals surface area (Å²) in [6.07, 6.45) is 9.08. The Hall–Kier alpha value is -1.58. The molecule has 0 bridgehead atoms. The number of aliphatic hydroxyl groups excluding tert-OH is 1. The molecule has 0 fully saturated rings. The molecule has 0 aromatic heterocycles. The third kappa shape index (κ3) is 5.50. The molecule has 0 spiro atoms. The van der Waals surface area contributed by atoms with Gasteiger partial charge in [-0.2, -0.15) is 0 Å². The lowest BCUT2D eigenvalue weighted by Gasteiger charge is -2.13. The van der Waals surface area contributed by atoms with Crippen LogP contribution in [0.25, 0.3) is 0 Å². The Morgan fingerprint density at radius 2 is 2.17 bits per heavy atom. The van der Waals surface area contributed by atoms with Gasteiger partial charge in [0.25, 0.3) is 0 Å². The topological polar surface area (TPSA) is 38.7 Å². The molecule has 1 aromatic carbocycles. The zero-order valence-electron chi connectivity index (χ0n) is 15.1. The number of hydrogen-bond donors (Lipinski definition) is 1. The normalized spacial score (nSPS) is 19.2. The molecule has 0 saturated carbocycles. The molecule has 24 heavy (non-hydrogen) atoms. The molecule has 1 N–H and O–H groups in total. The molecule has 0 saturated heterocycles. The van der Waals surface area contributed by atoms with Gasteiger partial charge in [0.1, 0.15) is 5.75 Å². The van der Waals surface area contributed by atoms with Gasteiger partial charge >= 0.3 is 0 Å². The van der Waals surface area contributed by atoms with E-state index in [0.717, 1.165) is 37.9 Å². The monoisotopic (exact) mass is 330 g/mol. The van der Waals surface area contributed by atoms with Crippen molar-refractivity contribution in [1.82, 2.24) is 0 Å². The molecule has 0 aliphatic heterocycles. The zero-order valence-corrected chi connectivity index (χ0v) is 15.1. The fourth-order valence-corrected chi connectivity index (χ4v) is 3.38. The molecule has 0 heterocycles. The highest BCUT2D eigenvalue weighted by molar-refractivity contribution is 5.29. The highest BCUT2D eigenvalue weighted by Gasteiger charge is 2.19. The zero-order chi connectivity index (χ0) is 17.4. The van der Waals surface area contributed by atoms with Gasteiger partial charge in [0.15, 0.2) is 0 Å². The van der Waals surface area contributed by atoms with Crippen LogP contribution >= 0.6 is 0 Å². The van der Waals surface area contributed by atoms with Gasteiger partial charge in [-0.3, -0.25) is 0 Å². The lowest BCUT2D eigenvalue weighted by molar-refractivity contribution is 0.169. The molecule has 1 aliphatic carbocycles. The van der Waals surface area contributed by atoms with Crippen LogP contribution in [0.4, 0.5) is 0 Å². The van der Waals surface area contributed by atoms with Crippen LogP contribution in [0.5, 0.6) is 5.75 Å². The van der Waals surface area contributed by atoms with Crippen molar-refractivity contribution in [2.75, 3.05) is 20.8 Å². The average molecular weight is 330 g/mol. The molecular weight excluding hydrogens is 300 g/mol. The maximum atomic E-state index is 9.98. The second-order valence-corrected chi connectivity index (χ2v) is 6.60. The smallest absolute Gasteiger partial charge is 0.119 e. The van der Waals surface area contributed by atoms with E-state index in [1.807, 2.05) is 12.1 Å². The number of methoxy groups -OCH3 is 2. The predicted molar refractivity (Wildman–Crippen MR) is 98.4 cm³/mol. The van der Waals surface area contributed by atoms with Gasteiger partial charge in [0.2, 0.25) is 0 Å². The number of benzene rings is 1. The number of allylic oxidation sites excluding steroid dienone is 2. The minimum absolute atomic E-state index is 0.218. The maximum absolute atomic E-state index is 9.98. The summed E-state index contributed by atoms with van der Waals surface area (Å²) in [4.78, 5) is 0. The fraction of sp³-hybridized carbons (Fsp3) is 0.524. The number of hydrogen-bond acceptors (Lipinski definition) is 3. The Morgan fingerprint density at radius 3 is 2.83 bits per heavy atom. The van der Waals surface area contributed by atoms with E-state index in [-0.39, 0.29) is 6.10 Å². The summed E-state index contributed by atoms with van der Waals surface area (Å²) < 4.78 is 10.7. The molecule has 2 atom stereocenters. The van der Waals surface area contributed by atoms with Gasteiger partial charge in [0.05, 0.1) is 19.8 Å². The first-order valence-electron chi connectivity index (χ1n) is 8.79. The van der Waals surface area contributed by atoms with E-state index >= 15 is 0 Å². The summed E-state index contributed by atoms with van der Waals surface area (Å²) in [6, 6.07) is 8.20. The molecule has 3 nitrogen and oxygen atoms in total. The largest absolute Gasteiger partial charge is 0.497 e. The van der Waals surface area contributed by atoms with Crippen molar-refractivity contribution in [3.05, 3.63) is 53.1 Å². The fourth-order valence-electron chi connectivity index (χ4n) is 3.38. The van der Waals surface area contributed by atoms with Crippen LogP contribution < -0.4 is 4.74 Å². The van der Waals surface area contributed by atoms with E-state index < -0.39 is 0 Å². The van der Waals surface area contributed by atoms with Crippen LogP contribution in [-0.2, 0) is 11.2 Å². The van der Waals surface area contributed by atoms with Gasteiger partial charge in [-0.25, -0.2) is 0 Å². The van der Waals surface area contributed by atoms with Crippen molar-refractivity contribution < 1.29 is 14.6 Å². The van der Waals surface area contributed by atoms with Crippen LogP contribution in [-0.4, -0.2) is 32.0 Å². The first-order chi connectivity index (χ1) is 11.6.